The average molecular weight is 528 g/mol. The summed E-state index contributed by atoms with van der Waals surface area (Å²) in [5, 5.41) is 11.8. The summed E-state index contributed by atoms with van der Waals surface area (Å²) in [5.41, 5.74) is 11.8. The van der Waals surface area contributed by atoms with E-state index in [2.05, 4.69) is 129 Å². The van der Waals surface area contributed by atoms with Crippen molar-refractivity contribution in [1.82, 2.24) is 15.0 Å². The third-order valence-corrected chi connectivity index (χ3v) is 9.24. The fourth-order valence-electron chi connectivity index (χ4n) is 6.82. The molecule has 2 aromatic heterocycles. The summed E-state index contributed by atoms with van der Waals surface area (Å²) in [4.78, 5) is 0. The van der Waals surface area contributed by atoms with Gasteiger partial charge in [-0.15, -0.1) is 5.10 Å². The van der Waals surface area contributed by atoms with Crippen LogP contribution in [-0.4, -0.2) is 15.0 Å². The van der Waals surface area contributed by atoms with Gasteiger partial charge in [-0.2, -0.15) is 4.57 Å². The molecule has 0 spiro atoms. The van der Waals surface area contributed by atoms with Crippen LogP contribution in [0.5, 0.6) is 0 Å². The van der Waals surface area contributed by atoms with Crippen molar-refractivity contribution in [1.29, 1.82) is 0 Å². The summed E-state index contributed by atoms with van der Waals surface area (Å²) in [6.45, 7) is 15.9. The predicted octanol–water partition coefficient (Wildman–Crippen LogP) is 8.54. The number of fused-ring (bicyclic) bond motifs is 5. The molecule has 0 saturated carbocycles. The van der Waals surface area contributed by atoms with Crippen molar-refractivity contribution in [3.8, 4) is 28.2 Å². The van der Waals surface area contributed by atoms with Crippen molar-refractivity contribution < 1.29 is 4.57 Å². The number of hydrogen-bond donors (Lipinski definition) is 0. The Labute approximate surface area is 238 Å². The Morgan fingerprint density at radius 1 is 0.925 bits per heavy atom. The maximum absolute atomic E-state index is 4.67. The number of pyridine rings is 1. The number of aryl methyl sites for hydroxylation is 2. The minimum absolute atomic E-state index is 0.147. The van der Waals surface area contributed by atoms with Gasteiger partial charge in [-0.1, -0.05) is 75.4 Å². The molecular formula is C36H39N4+. The van der Waals surface area contributed by atoms with Crippen LogP contribution in [0, 0.1) is 13.8 Å². The van der Waals surface area contributed by atoms with Gasteiger partial charge in [0.2, 0.25) is 5.69 Å². The van der Waals surface area contributed by atoms with Crippen LogP contribution in [0.25, 0.3) is 44.5 Å². The first kappa shape index (κ1) is 26.2. The lowest BCUT2D eigenvalue weighted by atomic mass is 9.75. The molecule has 0 amide bonds. The number of benzene rings is 3. The first-order chi connectivity index (χ1) is 19.4. The fraction of sp³-hybridized carbons (Fsp3) is 0.306. The zero-order valence-corrected chi connectivity index (χ0v) is 24.5. The summed E-state index contributed by atoms with van der Waals surface area (Å²) in [7, 11) is 0. The second kappa shape index (κ2) is 10.2. The minimum Gasteiger partial charge on any atom is -0.220 e. The lowest BCUT2D eigenvalue weighted by Crippen LogP contribution is -2.59. The largest absolute Gasteiger partial charge is 0.221 e. The third kappa shape index (κ3) is 3.92. The van der Waals surface area contributed by atoms with E-state index in [0.717, 1.165) is 30.6 Å². The second-order valence-corrected chi connectivity index (χ2v) is 11.3. The Balaban J connectivity index is 1.50. The van der Waals surface area contributed by atoms with Crippen LogP contribution >= 0.6 is 0 Å². The number of unbranched alkanes of at least 4 members (excludes halogenated alkanes) is 1. The number of aromatic nitrogens is 4. The van der Waals surface area contributed by atoms with Crippen molar-refractivity contribution in [2.24, 2.45) is 0 Å². The molecule has 0 unspecified atom stereocenters. The highest BCUT2D eigenvalue weighted by molar-refractivity contribution is 5.97. The normalized spacial score (nSPS) is 13.9. The van der Waals surface area contributed by atoms with Gasteiger partial charge in [0.15, 0.2) is 11.7 Å². The summed E-state index contributed by atoms with van der Waals surface area (Å²) in [6.07, 6.45) is 9.80. The molecule has 0 radical (unpaired) electrons. The van der Waals surface area contributed by atoms with E-state index in [-0.39, 0.29) is 5.54 Å². The van der Waals surface area contributed by atoms with Crippen LogP contribution in [0.2, 0.25) is 0 Å². The number of allylic oxidation sites excluding steroid dienone is 1. The summed E-state index contributed by atoms with van der Waals surface area (Å²) in [6, 6.07) is 22.1. The quantitative estimate of drug-likeness (QED) is 0.199. The van der Waals surface area contributed by atoms with Gasteiger partial charge >= 0.3 is 0 Å². The Kier molecular flexibility index (Phi) is 6.66. The van der Waals surface area contributed by atoms with Crippen molar-refractivity contribution >= 4 is 16.3 Å². The maximum Gasteiger partial charge on any atom is 0.221 e. The first-order valence-corrected chi connectivity index (χ1v) is 14.7. The Hall–Kier alpha value is -4.05. The van der Waals surface area contributed by atoms with Crippen LogP contribution in [0.4, 0.5) is 0 Å². The molecule has 1 aliphatic rings. The molecule has 1 aliphatic heterocycles. The van der Waals surface area contributed by atoms with Crippen LogP contribution < -0.4 is 4.57 Å². The van der Waals surface area contributed by atoms with Gasteiger partial charge in [-0.3, -0.25) is 0 Å². The molecule has 0 atom stereocenters. The van der Waals surface area contributed by atoms with Crippen molar-refractivity contribution in [3.05, 3.63) is 102 Å². The molecule has 202 valence electrons. The van der Waals surface area contributed by atoms with Gasteiger partial charge in [0.05, 0.1) is 22.8 Å². The topological polar surface area (TPSA) is 34.6 Å². The van der Waals surface area contributed by atoms with Crippen molar-refractivity contribution in [2.75, 3.05) is 0 Å². The highest BCUT2D eigenvalue weighted by atomic mass is 15.4. The first-order valence-electron chi connectivity index (χ1n) is 14.7. The Bertz CT molecular complexity index is 1750. The molecule has 40 heavy (non-hydrogen) atoms. The average Bonchev–Trinajstić information content (AvgIpc) is 3.47. The maximum atomic E-state index is 4.67. The second-order valence-electron chi connectivity index (χ2n) is 11.3. The van der Waals surface area contributed by atoms with Crippen LogP contribution in [0.15, 0.2) is 79.6 Å². The monoisotopic (exact) mass is 527 g/mol. The third-order valence-electron chi connectivity index (χ3n) is 9.24. The van der Waals surface area contributed by atoms with E-state index >= 15 is 0 Å². The van der Waals surface area contributed by atoms with Crippen LogP contribution in [0.1, 0.15) is 68.7 Å². The van der Waals surface area contributed by atoms with Crippen LogP contribution in [0.3, 0.4) is 0 Å². The molecule has 4 nitrogen and oxygen atoms in total. The molecule has 0 saturated heterocycles. The SMILES string of the molecule is C=C1c2ccc(-n3cc(-c4c(C)ccc(CCCC)c4C)nn3)cc2-c2c3ccccc3cc[n+]2C1(CC)CC. The van der Waals surface area contributed by atoms with E-state index in [1.165, 1.54) is 68.3 Å². The summed E-state index contributed by atoms with van der Waals surface area (Å²) in [5.74, 6) is 0. The molecule has 3 heterocycles. The molecule has 0 fully saturated rings. The standard InChI is InChI=1S/C36H39N4/c1-7-10-13-27-17-16-24(4)34(25(27)5)33-23-40(38-37-33)29-18-19-30-26(6)36(8-2,9-3)39-21-20-28-14-11-12-15-31(28)35(39)32(30)22-29/h11-12,14-23H,6-10,13H2,1-5H3/q+1. The zero-order valence-electron chi connectivity index (χ0n) is 24.5. The fourth-order valence-corrected chi connectivity index (χ4v) is 6.82. The number of hydrogen-bond acceptors (Lipinski definition) is 2. The molecule has 3 aromatic carbocycles. The Morgan fingerprint density at radius 2 is 1.73 bits per heavy atom. The molecule has 0 aliphatic carbocycles. The highest BCUT2D eigenvalue weighted by Crippen LogP contribution is 2.45. The zero-order chi connectivity index (χ0) is 28.0. The van der Waals surface area contributed by atoms with E-state index < -0.39 is 0 Å². The highest BCUT2D eigenvalue weighted by Gasteiger charge is 2.47. The lowest BCUT2D eigenvalue weighted by molar-refractivity contribution is -0.740. The van der Waals surface area contributed by atoms with Gasteiger partial charge in [0, 0.05) is 30.0 Å². The van der Waals surface area contributed by atoms with E-state index in [0.29, 0.717) is 0 Å². The predicted molar refractivity (Wildman–Crippen MR) is 166 cm³/mol. The van der Waals surface area contributed by atoms with E-state index in [9.17, 15) is 0 Å². The van der Waals surface area contributed by atoms with E-state index in [1.54, 1.807) is 0 Å². The molecule has 4 heteroatoms. The molecule has 5 aromatic rings. The minimum atomic E-state index is -0.147. The smallest absolute Gasteiger partial charge is 0.220 e. The number of nitrogens with zero attached hydrogens (tertiary/aromatic N) is 4. The molecular weight excluding hydrogens is 488 g/mol. The van der Waals surface area contributed by atoms with Gasteiger partial charge < -0.3 is 0 Å². The molecule has 0 N–H and O–H groups in total. The van der Waals surface area contributed by atoms with Crippen molar-refractivity contribution in [3.63, 3.8) is 0 Å². The molecule has 6 rings (SSSR count). The van der Waals surface area contributed by atoms with Crippen LogP contribution in [-0.2, 0) is 12.0 Å². The van der Waals surface area contributed by atoms with Gasteiger partial charge in [-0.05, 0) is 72.5 Å². The van der Waals surface area contributed by atoms with E-state index in [4.69, 9.17) is 0 Å². The van der Waals surface area contributed by atoms with Gasteiger partial charge in [0.1, 0.15) is 5.69 Å². The molecule has 0 bridgehead atoms. The van der Waals surface area contributed by atoms with Crippen molar-refractivity contribution in [2.45, 2.75) is 72.3 Å². The van der Waals surface area contributed by atoms with Gasteiger partial charge in [0.25, 0.3) is 0 Å². The summed E-state index contributed by atoms with van der Waals surface area (Å²) < 4.78 is 4.40. The van der Waals surface area contributed by atoms with Gasteiger partial charge in [-0.25, -0.2) is 4.68 Å². The summed E-state index contributed by atoms with van der Waals surface area (Å²) >= 11 is 0. The number of rotatable bonds is 7. The van der Waals surface area contributed by atoms with E-state index in [1.807, 2.05) is 4.68 Å². The lowest BCUT2D eigenvalue weighted by Gasteiger charge is -2.35. The Morgan fingerprint density at radius 3 is 2.50 bits per heavy atom.